The van der Waals surface area contributed by atoms with E-state index in [0.717, 1.165) is 19.3 Å². The number of carbonyl (C=O) groups excluding carboxylic acids is 1. The second kappa shape index (κ2) is 11.5. The van der Waals surface area contributed by atoms with E-state index in [2.05, 4.69) is 26.1 Å². The Bertz CT molecular complexity index is 911. The van der Waals surface area contributed by atoms with Gasteiger partial charge in [-0.1, -0.05) is 44.9 Å². The van der Waals surface area contributed by atoms with Gasteiger partial charge in [0.2, 0.25) is 0 Å². The number of aromatic hydroxyl groups is 1. The molecule has 4 nitrogen and oxygen atoms in total. The van der Waals surface area contributed by atoms with Crippen LogP contribution in [0.1, 0.15) is 89.1 Å². The number of carbonyl (C=O) groups is 1. The average Bonchev–Trinajstić information content (AvgIpc) is 2.72. The molecule has 0 saturated carbocycles. The number of rotatable bonds is 9. The van der Waals surface area contributed by atoms with Crippen molar-refractivity contribution >= 4 is 11.7 Å². The molecule has 1 aliphatic carbocycles. The lowest BCUT2D eigenvalue weighted by Gasteiger charge is -2.33. The molecule has 1 amide bonds. The lowest BCUT2D eigenvalue weighted by Crippen LogP contribution is -2.27. The molecule has 0 fully saturated rings. The Kier molecular flexibility index (Phi) is 9.26. The largest absolute Gasteiger partial charge is 0.507 e. The number of hydrogen-bond donors (Lipinski definition) is 3. The van der Waals surface area contributed by atoms with Gasteiger partial charge in [0.1, 0.15) is 11.6 Å². The van der Waals surface area contributed by atoms with Crippen molar-refractivity contribution in [1.29, 1.82) is 0 Å². The van der Waals surface area contributed by atoms with Crippen LogP contribution in [0.15, 0.2) is 47.1 Å². The molecule has 3 N–H and O–H groups in total. The van der Waals surface area contributed by atoms with Gasteiger partial charge >= 0.3 is 0 Å². The van der Waals surface area contributed by atoms with E-state index in [-0.39, 0.29) is 28.2 Å². The minimum atomic E-state index is -0.514. The van der Waals surface area contributed by atoms with Gasteiger partial charge in [-0.25, -0.2) is 4.39 Å². The SMILES string of the molecule is CCCC(O)CCNC(=O)c1ccc(C(F)=C(C)C=CC2=C(C)CCCC2(C)C)c(O)c1. The highest BCUT2D eigenvalue weighted by molar-refractivity contribution is 5.95. The van der Waals surface area contributed by atoms with Crippen LogP contribution in [0.5, 0.6) is 5.75 Å². The third kappa shape index (κ3) is 6.80. The fraction of sp³-hybridized carbons (Fsp3) is 0.519. The quantitative estimate of drug-likeness (QED) is 0.384. The van der Waals surface area contributed by atoms with E-state index in [1.165, 1.54) is 35.8 Å². The van der Waals surface area contributed by atoms with Gasteiger partial charge in [0, 0.05) is 12.1 Å². The summed E-state index contributed by atoms with van der Waals surface area (Å²) in [5.41, 5.74) is 3.39. The molecule has 32 heavy (non-hydrogen) atoms. The van der Waals surface area contributed by atoms with Crippen molar-refractivity contribution < 1.29 is 19.4 Å². The smallest absolute Gasteiger partial charge is 0.251 e. The van der Waals surface area contributed by atoms with Crippen molar-refractivity contribution in [2.24, 2.45) is 5.41 Å². The number of benzene rings is 1. The zero-order chi connectivity index (χ0) is 23.9. The molecule has 176 valence electrons. The number of phenolic OH excluding ortho intramolecular Hbond substituents is 1. The Balaban J connectivity index is 2.12. The summed E-state index contributed by atoms with van der Waals surface area (Å²) in [6.45, 7) is 10.6. The summed E-state index contributed by atoms with van der Waals surface area (Å²) >= 11 is 0. The van der Waals surface area contributed by atoms with Gasteiger partial charge in [-0.05, 0) is 80.7 Å². The van der Waals surface area contributed by atoms with Crippen LogP contribution in [0, 0.1) is 5.41 Å². The summed E-state index contributed by atoms with van der Waals surface area (Å²) in [7, 11) is 0. The second-order valence-electron chi connectivity index (χ2n) is 9.48. The topological polar surface area (TPSA) is 69.6 Å². The zero-order valence-corrected chi connectivity index (χ0v) is 20.1. The van der Waals surface area contributed by atoms with Gasteiger partial charge < -0.3 is 15.5 Å². The van der Waals surface area contributed by atoms with Crippen molar-refractivity contribution in [2.75, 3.05) is 6.54 Å². The van der Waals surface area contributed by atoms with Crippen LogP contribution in [0.3, 0.4) is 0 Å². The van der Waals surface area contributed by atoms with E-state index in [4.69, 9.17) is 0 Å². The van der Waals surface area contributed by atoms with Crippen molar-refractivity contribution in [2.45, 2.75) is 79.2 Å². The zero-order valence-electron chi connectivity index (χ0n) is 20.1. The normalized spacial score (nSPS) is 18.0. The number of phenols is 1. The van der Waals surface area contributed by atoms with Crippen molar-refractivity contribution in [3.8, 4) is 5.75 Å². The summed E-state index contributed by atoms with van der Waals surface area (Å²) in [5, 5.41) is 22.8. The molecule has 5 heteroatoms. The number of aliphatic hydroxyl groups is 1. The maximum Gasteiger partial charge on any atom is 0.251 e. The first-order valence-electron chi connectivity index (χ1n) is 11.6. The van der Waals surface area contributed by atoms with Crippen LogP contribution >= 0.6 is 0 Å². The van der Waals surface area contributed by atoms with E-state index in [1.807, 2.05) is 13.0 Å². The highest BCUT2D eigenvalue weighted by Crippen LogP contribution is 2.41. The molecule has 0 heterocycles. The third-order valence-corrected chi connectivity index (χ3v) is 6.27. The fourth-order valence-electron chi connectivity index (χ4n) is 4.29. The first kappa shape index (κ1) is 25.9. The summed E-state index contributed by atoms with van der Waals surface area (Å²) in [6.07, 6.45) is 8.72. The molecule has 2 rings (SSSR count). The summed E-state index contributed by atoms with van der Waals surface area (Å²) < 4.78 is 15.1. The Morgan fingerprint density at radius 1 is 1.31 bits per heavy atom. The van der Waals surface area contributed by atoms with Gasteiger partial charge in [-0.2, -0.15) is 0 Å². The van der Waals surface area contributed by atoms with Crippen LogP contribution in [0.2, 0.25) is 0 Å². The molecule has 1 aromatic carbocycles. The number of nitrogens with one attached hydrogen (secondary N) is 1. The molecule has 0 bridgehead atoms. The van der Waals surface area contributed by atoms with Gasteiger partial charge in [-0.3, -0.25) is 4.79 Å². The summed E-state index contributed by atoms with van der Waals surface area (Å²) in [6, 6.07) is 4.21. The minimum absolute atomic E-state index is 0.0654. The van der Waals surface area contributed by atoms with Crippen molar-refractivity contribution in [3.05, 3.63) is 58.2 Å². The second-order valence-corrected chi connectivity index (χ2v) is 9.48. The van der Waals surface area contributed by atoms with Crippen LogP contribution in [0.25, 0.3) is 5.83 Å². The third-order valence-electron chi connectivity index (χ3n) is 6.27. The number of hydrogen-bond acceptors (Lipinski definition) is 3. The van der Waals surface area contributed by atoms with Crippen LogP contribution in [-0.4, -0.2) is 28.8 Å². The van der Waals surface area contributed by atoms with E-state index in [0.29, 0.717) is 25.0 Å². The number of amides is 1. The lowest BCUT2D eigenvalue weighted by molar-refractivity contribution is 0.0940. The van der Waals surface area contributed by atoms with E-state index in [1.54, 1.807) is 13.0 Å². The molecule has 0 aliphatic heterocycles. The fourth-order valence-corrected chi connectivity index (χ4v) is 4.29. The average molecular weight is 444 g/mol. The molecule has 0 radical (unpaired) electrons. The van der Waals surface area contributed by atoms with Gasteiger partial charge in [0.15, 0.2) is 0 Å². The Morgan fingerprint density at radius 2 is 2.03 bits per heavy atom. The molecular weight excluding hydrogens is 405 g/mol. The first-order chi connectivity index (χ1) is 15.1. The standard InChI is InChI=1S/C27H38FNO3/c1-6-8-21(30)14-16-29-26(32)20-11-12-22(24(31)17-20)25(28)19(3)10-13-23-18(2)9-7-15-27(23,4)5/h10-13,17,21,30-31H,6-9,14-16H2,1-5H3,(H,29,32). The molecule has 1 aliphatic rings. The minimum Gasteiger partial charge on any atom is -0.507 e. The van der Waals surface area contributed by atoms with Crippen LogP contribution < -0.4 is 5.32 Å². The van der Waals surface area contributed by atoms with Gasteiger partial charge in [0.25, 0.3) is 5.91 Å². The molecular formula is C27H38FNO3. The first-order valence-corrected chi connectivity index (χ1v) is 11.6. The predicted molar refractivity (Wildman–Crippen MR) is 129 cm³/mol. The van der Waals surface area contributed by atoms with Gasteiger partial charge in [-0.15, -0.1) is 0 Å². The summed E-state index contributed by atoms with van der Waals surface area (Å²) in [4.78, 5) is 12.3. The predicted octanol–water partition coefficient (Wildman–Crippen LogP) is 6.46. The van der Waals surface area contributed by atoms with Crippen LogP contribution in [-0.2, 0) is 0 Å². The van der Waals surface area contributed by atoms with Gasteiger partial charge in [0.05, 0.1) is 11.7 Å². The molecule has 1 atom stereocenters. The molecule has 0 aromatic heterocycles. The van der Waals surface area contributed by atoms with Crippen LogP contribution in [0.4, 0.5) is 4.39 Å². The van der Waals surface area contributed by atoms with E-state index in [9.17, 15) is 15.0 Å². The number of aliphatic hydroxyl groups excluding tert-OH is 1. The lowest BCUT2D eigenvalue weighted by atomic mass is 9.72. The van der Waals surface area contributed by atoms with E-state index >= 15 is 4.39 Å². The monoisotopic (exact) mass is 443 g/mol. The number of halogens is 1. The molecule has 1 aromatic rings. The molecule has 0 saturated heterocycles. The summed E-state index contributed by atoms with van der Waals surface area (Å²) in [5.74, 6) is -1.15. The maximum atomic E-state index is 15.1. The van der Waals surface area contributed by atoms with Crippen molar-refractivity contribution in [3.63, 3.8) is 0 Å². The Labute approximate surface area is 191 Å². The Hall–Kier alpha value is -2.40. The highest BCUT2D eigenvalue weighted by Gasteiger charge is 2.26. The highest BCUT2D eigenvalue weighted by atomic mass is 19.1. The molecule has 0 spiro atoms. The van der Waals surface area contributed by atoms with Crippen molar-refractivity contribution in [1.82, 2.24) is 5.32 Å². The molecule has 1 unspecified atom stereocenters. The maximum absolute atomic E-state index is 15.1. The Morgan fingerprint density at radius 3 is 2.66 bits per heavy atom. The number of allylic oxidation sites excluding steroid dienone is 5. The van der Waals surface area contributed by atoms with E-state index < -0.39 is 11.9 Å².